The van der Waals surface area contributed by atoms with E-state index in [4.69, 9.17) is 5.11 Å². The summed E-state index contributed by atoms with van der Waals surface area (Å²) in [5.41, 5.74) is 2.52. The SMILES string of the molecule is CC(C)c1ccc2c(ccn2CCCC(=O)O)c1. The Hall–Kier alpha value is -1.77. The highest BCUT2D eigenvalue weighted by molar-refractivity contribution is 5.81. The quantitative estimate of drug-likeness (QED) is 0.874. The number of benzene rings is 1. The van der Waals surface area contributed by atoms with Crippen LogP contribution >= 0.6 is 0 Å². The van der Waals surface area contributed by atoms with Crippen LogP contribution in [0.3, 0.4) is 0 Å². The van der Waals surface area contributed by atoms with Gasteiger partial charge in [0.25, 0.3) is 0 Å². The Kier molecular flexibility index (Phi) is 3.70. The Morgan fingerprint density at radius 1 is 1.33 bits per heavy atom. The van der Waals surface area contributed by atoms with Crippen LogP contribution in [0.15, 0.2) is 30.5 Å². The molecule has 0 unspecified atom stereocenters. The molecule has 3 heteroatoms. The molecule has 1 N–H and O–H groups in total. The van der Waals surface area contributed by atoms with Gasteiger partial charge in [0.05, 0.1) is 0 Å². The van der Waals surface area contributed by atoms with Gasteiger partial charge in [-0.3, -0.25) is 4.79 Å². The summed E-state index contributed by atoms with van der Waals surface area (Å²) in [5, 5.41) is 9.88. The first-order valence-electron chi connectivity index (χ1n) is 6.38. The maximum atomic E-state index is 10.5. The standard InChI is InChI=1S/C15H19NO2/c1-11(2)12-5-6-14-13(10-12)7-9-16(14)8-3-4-15(17)18/h5-7,9-11H,3-4,8H2,1-2H3,(H,17,18). The predicted octanol–water partition coefficient (Wildman–Crippen LogP) is 3.63. The lowest BCUT2D eigenvalue weighted by atomic mass is 10.0. The molecule has 2 aromatic rings. The van der Waals surface area contributed by atoms with E-state index < -0.39 is 5.97 Å². The third-order valence-corrected chi connectivity index (χ3v) is 3.25. The third kappa shape index (κ3) is 2.73. The molecule has 0 aliphatic rings. The molecule has 0 amide bonds. The number of carboxylic acids is 1. The molecule has 0 saturated heterocycles. The van der Waals surface area contributed by atoms with Gasteiger partial charge in [0.15, 0.2) is 0 Å². The molecule has 1 aromatic carbocycles. The maximum Gasteiger partial charge on any atom is 0.303 e. The van der Waals surface area contributed by atoms with Crippen LogP contribution < -0.4 is 0 Å². The number of carbonyl (C=O) groups is 1. The number of carboxylic acid groups (broad SMARTS) is 1. The summed E-state index contributed by atoms with van der Waals surface area (Å²) in [5.74, 6) is -0.196. The zero-order valence-corrected chi connectivity index (χ0v) is 10.9. The highest BCUT2D eigenvalue weighted by Gasteiger charge is 2.05. The largest absolute Gasteiger partial charge is 0.481 e. The van der Waals surface area contributed by atoms with Crippen LogP contribution in [0.5, 0.6) is 0 Å². The highest BCUT2D eigenvalue weighted by atomic mass is 16.4. The summed E-state index contributed by atoms with van der Waals surface area (Å²) >= 11 is 0. The van der Waals surface area contributed by atoms with E-state index in [9.17, 15) is 4.79 Å². The van der Waals surface area contributed by atoms with Gasteiger partial charge in [-0.1, -0.05) is 19.9 Å². The molecule has 96 valence electrons. The van der Waals surface area contributed by atoms with Crippen LogP contribution in [0.1, 0.15) is 38.2 Å². The number of aliphatic carboxylic acids is 1. The van der Waals surface area contributed by atoms with Gasteiger partial charge in [-0.15, -0.1) is 0 Å². The lowest BCUT2D eigenvalue weighted by molar-refractivity contribution is -0.137. The molecule has 3 nitrogen and oxygen atoms in total. The van der Waals surface area contributed by atoms with Gasteiger partial charge in [0, 0.05) is 24.7 Å². The minimum Gasteiger partial charge on any atom is -0.481 e. The third-order valence-electron chi connectivity index (χ3n) is 3.25. The van der Waals surface area contributed by atoms with Crippen LogP contribution in [-0.2, 0) is 11.3 Å². The fraction of sp³-hybridized carbons (Fsp3) is 0.400. The van der Waals surface area contributed by atoms with Crippen molar-refractivity contribution in [1.82, 2.24) is 4.57 Å². The smallest absolute Gasteiger partial charge is 0.303 e. The lowest BCUT2D eigenvalue weighted by Gasteiger charge is -2.07. The maximum absolute atomic E-state index is 10.5. The summed E-state index contributed by atoms with van der Waals surface area (Å²) in [6.45, 7) is 5.13. The summed E-state index contributed by atoms with van der Waals surface area (Å²) < 4.78 is 2.13. The van der Waals surface area contributed by atoms with Gasteiger partial charge < -0.3 is 9.67 Å². The summed E-state index contributed by atoms with van der Waals surface area (Å²) in [7, 11) is 0. The van der Waals surface area contributed by atoms with Crippen molar-refractivity contribution in [3.05, 3.63) is 36.0 Å². The molecule has 0 aliphatic carbocycles. The van der Waals surface area contributed by atoms with Crippen molar-refractivity contribution in [2.45, 2.75) is 39.2 Å². The van der Waals surface area contributed by atoms with Gasteiger partial charge >= 0.3 is 5.97 Å². The molecule has 0 radical (unpaired) electrons. The minimum atomic E-state index is -0.728. The van der Waals surface area contributed by atoms with Crippen molar-refractivity contribution in [1.29, 1.82) is 0 Å². The Morgan fingerprint density at radius 3 is 2.78 bits per heavy atom. The second-order valence-corrected chi connectivity index (χ2v) is 4.98. The van der Waals surface area contributed by atoms with Crippen molar-refractivity contribution in [3.8, 4) is 0 Å². The van der Waals surface area contributed by atoms with Crippen LogP contribution in [0.2, 0.25) is 0 Å². The van der Waals surface area contributed by atoms with E-state index in [-0.39, 0.29) is 6.42 Å². The summed E-state index contributed by atoms with van der Waals surface area (Å²) in [6, 6.07) is 8.60. The van der Waals surface area contributed by atoms with Crippen molar-refractivity contribution in [3.63, 3.8) is 0 Å². The van der Waals surface area contributed by atoms with Crippen LogP contribution in [0.4, 0.5) is 0 Å². The fourth-order valence-corrected chi connectivity index (χ4v) is 2.17. The van der Waals surface area contributed by atoms with E-state index in [0.717, 1.165) is 6.54 Å². The first kappa shape index (κ1) is 12.7. The van der Waals surface area contributed by atoms with Crippen LogP contribution in [0, 0.1) is 0 Å². The molecule has 0 bridgehead atoms. The topological polar surface area (TPSA) is 42.2 Å². The van der Waals surface area contributed by atoms with Crippen LogP contribution in [-0.4, -0.2) is 15.6 Å². The number of aromatic nitrogens is 1. The Morgan fingerprint density at radius 2 is 2.11 bits per heavy atom. The number of rotatable bonds is 5. The van der Waals surface area contributed by atoms with Gasteiger partial charge in [0.2, 0.25) is 0 Å². The second kappa shape index (κ2) is 5.25. The van der Waals surface area contributed by atoms with E-state index in [0.29, 0.717) is 12.3 Å². The molecule has 0 atom stereocenters. The average Bonchev–Trinajstić information content (AvgIpc) is 2.71. The number of aryl methyl sites for hydroxylation is 1. The zero-order valence-electron chi connectivity index (χ0n) is 10.9. The van der Waals surface area contributed by atoms with E-state index in [1.807, 2.05) is 6.20 Å². The first-order valence-corrected chi connectivity index (χ1v) is 6.38. The molecular weight excluding hydrogens is 226 g/mol. The normalized spacial score (nSPS) is 11.3. The van der Waals surface area contributed by atoms with Gasteiger partial charge in [-0.05, 0) is 41.5 Å². The number of hydrogen-bond donors (Lipinski definition) is 1. The first-order chi connectivity index (χ1) is 8.58. The molecular formula is C15H19NO2. The van der Waals surface area contributed by atoms with Crippen molar-refractivity contribution >= 4 is 16.9 Å². The fourth-order valence-electron chi connectivity index (χ4n) is 2.17. The molecule has 0 spiro atoms. The van der Waals surface area contributed by atoms with Gasteiger partial charge in [-0.2, -0.15) is 0 Å². The summed E-state index contributed by atoms with van der Waals surface area (Å²) in [4.78, 5) is 10.5. The predicted molar refractivity (Wildman–Crippen MR) is 72.9 cm³/mol. The second-order valence-electron chi connectivity index (χ2n) is 4.98. The zero-order chi connectivity index (χ0) is 13.1. The average molecular weight is 245 g/mol. The van der Waals surface area contributed by atoms with Crippen molar-refractivity contribution < 1.29 is 9.90 Å². The van der Waals surface area contributed by atoms with E-state index in [1.54, 1.807) is 0 Å². The monoisotopic (exact) mass is 245 g/mol. The number of fused-ring (bicyclic) bond motifs is 1. The minimum absolute atomic E-state index is 0.226. The van der Waals surface area contributed by atoms with Gasteiger partial charge in [-0.25, -0.2) is 0 Å². The molecule has 2 rings (SSSR count). The van der Waals surface area contributed by atoms with Gasteiger partial charge in [0.1, 0.15) is 0 Å². The molecule has 1 heterocycles. The Balaban J connectivity index is 2.18. The summed E-state index contributed by atoms with van der Waals surface area (Å²) in [6.07, 6.45) is 2.94. The molecule has 1 aromatic heterocycles. The van der Waals surface area contributed by atoms with E-state index >= 15 is 0 Å². The van der Waals surface area contributed by atoms with E-state index in [1.165, 1.54) is 16.5 Å². The molecule has 0 fully saturated rings. The number of hydrogen-bond acceptors (Lipinski definition) is 1. The Bertz CT molecular complexity index is 555. The van der Waals surface area contributed by atoms with Crippen molar-refractivity contribution in [2.24, 2.45) is 0 Å². The molecule has 18 heavy (non-hydrogen) atoms. The van der Waals surface area contributed by atoms with Crippen LogP contribution in [0.25, 0.3) is 10.9 Å². The molecule has 0 aliphatic heterocycles. The van der Waals surface area contributed by atoms with Crippen molar-refractivity contribution in [2.75, 3.05) is 0 Å². The highest BCUT2D eigenvalue weighted by Crippen LogP contribution is 2.22. The molecule has 0 saturated carbocycles. The lowest BCUT2D eigenvalue weighted by Crippen LogP contribution is -2.00. The number of nitrogens with zero attached hydrogens (tertiary/aromatic N) is 1. The Labute approximate surface area is 107 Å². The van der Waals surface area contributed by atoms with E-state index in [2.05, 4.69) is 42.7 Å².